The van der Waals surface area contributed by atoms with Gasteiger partial charge in [0.25, 0.3) is 0 Å². The second-order valence-electron chi connectivity index (χ2n) is 6.48. The van der Waals surface area contributed by atoms with Crippen molar-refractivity contribution in [3.05, 3.63) is 0 Å². The highest BCUT2D eigenvalue weighted by atomic mass is 16.4. The van der Waals surface area contributed by atoms with Gasteiger partial charge in [-0.05, 0) is 31.6 Å². The van der Waals surface area contributed by atoms with E-state index in [2.05, 4.69) is 12.2 Å². The van der Waals surface area contributed by atoms with Crippen LogP contribution in [0.4, 0.5) is 4.79 Å². The molecule has 0 radical (unpaired) electrons. The van der Waals surface area contributed by atoms with Crippen molar-refractivity contribution in [2.24, 2.45) is 5.41 Å². The summed E-state index contributed by atoms with van der Waals surface area (Å²) in [5.74, 6) is -0.985. The number of hydrogen-bond acceptors (Lipinski definition) is 2. The molecule has 0 bridgehead atoms. The number of aliphatic carboxylic acids is 1. The topological polar surface area (TPSA) is 69.6 Å². The molecule has 110 valence electrons. The van der Waals surface area contributed by atoms with Crippen LogP contribution in [0.2, 0.25) is 0 Å². The molecule has 0 aromatic heterocycles. The van der Waals surface area contributed by atoms with Crippen molar-refractivity contribution in [2.45, 2.75) is 72.0 Å². The van der Waals surface area contributed by atoms with Crippen molar-refractivity contribution in [3.63, 3.8) is 0 Å². The Hall–Kier alpha value is -1.26. The zero-order valence-electron chi connectivity index (χ0n) is 12.6. The van der Waals surface area contributed by atoms with Crippen LogP contribution in [0.15, 0.2) is 0 Å². The van der Waals surface area contributed by atoms with Gasteiger partial charge in [0.1, 0.15) is 6.04 Å². The van der Waals surface area contributed by atoms with Gasteiger partial charge in [0, 0.05) is 12.1 Å². The summed E-state index contributed by atoms with van der Waals surface area (Å²) >= 11 is 0. The van der Waals surface area contributed by atoms with Gasteiger partial charge in [-0.25, -0.2) is 9.59 Å². The molecule has 19 heavy (non-hydrogen) atoms. The highest BCUT2D eigenvalue weighted by molar-refractivity contribution is 5.83. The lowest BCUT2D eigenvalue weighted by atomic mass is 9.87. The van der Waals surface area contributed by atoms with Gasteiger partial charge in [-0.2, -0.15) is 0 Å². The van der Waals surface area contributed by atoms with Gasteiger partial charge in [0.2, 0.25) is 0 Å². The number of amides is 2. The first-order valence-electron chi connectivity index (χ1n) is 7.00. The first kappa shape index (κ1) is 15.8. The van der Waals surface area contributed by atoms with E-state index in [1.807, 2.05) is 32.6 Å². The summed E-state index contributed by atoms with van der Waals surface area (Å²) in [5.41, 5.74) is -0.508. The third-order valence-corrected chi connectivity index (χ3v) is 3.87. The molecule has 0 aromatic carbocycles. The van der Waals surface area contributed by atoms with E-state index in [1.165, 1.54) is 0 Å². The normalized spacial score (nSPS) is 25.2. The number of hydrogen-bond donors (Lipinski definition) is 2. The fraction of sp³-hybridized carbons (Fsp3) is 0.857. The zero-order chi connectivity index (χ0) is 14.8. The van der Waals surface area contributed by atoms with Gasteiger partial charge in [0.15, 0.2) is 0 Å². The average molecular weight is 270 g/mol. The Morgan fingerprint density at radius 3 is 2.37 bits per heavy atom. The van der Waals surface area contributed by atoms with Crippen LogP contribution in [-0.4, -0.2) is 40.1 Å². The number of carbonyl (C=O) groups is 2. The Balaban J connectivity index is 2.80. The monoisotopic (exact) mass is 270 g/mol. The highest BCUT2D eigenvalue weighted by Crippen LogP contribution is 2.27. The summed E-state index contributed by atoms with van der Waals surface area (Å²) in [4.78, 5) is 25.4. The van der Waals surface area contributed by atoms with E-state index >= 15 is 0 Å². The van der Waals surface area contributed by atoms with Crippen LogP contribution >= 0.6 is 0 Å². The van der Waals surface area contributed by atoms with Gasteiger partial charge in [-0.1, -0.05) is 27.7 Å². The number of carboxylic acid groups (broad SMARTS) is 1. The molecule has 1 fully saturated rings. The number of urea groups is 1. The molecular formula is C14H26N2O3. The Morgan fingerprint density at radius 2 is 1.95 bits per heavy atom. The number of carboxylic acids is 1. The van der Waals surface area contributed by atoms with Gasteiger partial charge in [0.05, 0.1) is 0 Å². The minimum Gasteiger partial charge on any atom is -0.480 e. The molecule has 2 N–H and O–H groups in total. The highest BCUT2D eigenvalue weighted by Gasteiger charge is 2.38. The molecule has 0 aliphatic carbocycles. The van der Waals surface area contributed by atoms with Gasteiger partial charge in [-0.3, -0.25) is 0 Å². The standard InChI is InChI=1S/C14H26N2O3/c1-6-10-8-7-9(2)16(10)13(19)15-11(12(17)18)14(3,4)5/h9-11H,6-8H2,1-5H3,(H,15,19)(H,17,18). The molecule has 0 saturated carbocycles. The maximum Gasteiger partial charge on any atom is 0.326 e. The second kappa shape index (κ2) is 5.80. The zero-order valence-corrected chi connectivity index (χ0v) is 12.6. The van der Waals surface area contributed by atoms with Crippen molar-refractivity contribution in [2.75, 3.05) is 0 Å². The Morgan fingerprint density at radius 1 is 1.37 bits per heavy atom. The maximum atomic E-state index is 12.3. The van der Waals surface area contributed by atoms with E-state index in [9.17, 15) is 14.7 Å². The Labute approximate surface area is 115 Å². The van der Waals surface area contributed by atoms with Crippen molar-refractivity contribution < 1.29 is 14.7 Å². The van der Waals surface area contributed by atoms with Crippen LogP contribution < -0.4 is 5.32 Å². The lowest BCUT2D eigenvalue weighted by molar-refractivity contribution is -0.142. The molecule has 1 aliphatic rings. The van der Waals surface area contributed by atoms with E-state index < -0.39 is 17.4 Å². The average Bonchev–Trinajstić information content (AvgIpc) is 2.65. The predicted octanol–water partition coefficient (Wildman–Crippen LogP) is 2.46. The number of carbonyl (C=O) groups excluding carboxylic acids is 1. The molecule has 1 saturated heterocycles. The van der Waals surface area contributed by atoms with Crippen molar-refractivity contribution >= 4 is 12.0 Å². The van der Waals surface area contributed by atoms with E-state index in [0.717, 1.165) is 19.3 Å². The molecule has 1 heterocycles. The van der Waals surface area contributed by atoms with Crippen LogP contribution in [0.3, 0.4) is 0 Å². The predicted molar refractivity (Wildman–Crippen MR) is 74.0 cm³/mol. The molecule has 5 nitrogen and oxygen atoms in total. The summed E-state index contributed by atoms with van der Waals surface area (Å²) in [6.45, 7) is 9.52. The van der Waals surface area contributed by atoms with Crippen molar-refractivity contribution in [3.8, 4) is 0 Å². The summed E-state index contributed by atoms with van der Waals surface area (Å²) in [6.07, 6.45) is 2.89. The largest absolute Gasteiger partial charge is 0.480 e. The Kier molecular flexibility index (Phi) is 4.82. The molecule has 1 aliphatic heterocycles. The third kappa shape index (κ3) is 3.61. The summed E-state index contributed by atoms with van der Waals surface area (Å²) in [6, 6.07) is -0.715. The first-order valence-corrected chi connectivity index (χ1v) is 7.00. The van der Waals surface area contributed by atoms with E-state index in [1.54, 1.807) is 0 Å². The van der Waals surface area contributed by atoms with Crippen LogP contribution in [0.25, 0.3) is 0 Å². The summed E-state index contributed by atoms with van der Waals surface area (Å²) < 4.78 is 0. The minimum absolute atomic E-state index is 0.180. The molecular weight excluding hydrogens is 244 g/mol. The van der Waals surface area contributed by atoms with Gasteiger partial charge >= 0.3 is 12.0 Å². The number of rotatable bonds is 3. The number of likely N-dealkylation sites (tertiary alicyclic amines) is 1. The van der Waals surface area contributed by atoms with Gasteiger partial charge < -0.3 is 15.3 Å². The van der Waals surface area contributed by atoms with Gasteiger partial charge in [-0.15, -0.1) is 0 Å². The summed E-state index contributed by atoms with van der Waals surface area (Å²) in [5, 5.41) is 11.9. The van der Waals surface area contributed by atoms with E-state index in [0.29, 0.717) is 0 Å². The third-order valence-electron chi connectivity index (χ3n) is 3.87. The number of nitrogens with zero attached hydrogens (tertiary/aromatic N) is 1. The molecule has 2 amide bonds. The van der Waals surface area contributed by atoms with Crippen LogP contribution in [0.5, 0.6) is 0 Å². The molecule has 3 atom stereocenters. The quantitative estimate of drug-likeness (QED) is 0.827. The summed E-state index contributed by atoms with van der Waals surface area (Å²) in [7, 11) is 0. The fourth-order valence-electron chi connectivity index (χ4n) is 2.69. The lowest BCUT2D eigenvalue weighted by Crippen LogP contribution is -2.55. The molecule has 0 aromatic rings. The van der Waals surface area contributed by atoms with Crippen LogP contribution in [0, 0.1) is 5.41 Å². The molecule has 1 rings (SSSR count). The van der Waals surface area contributed by atoms with Crippen LogP contribution in [0.1, 0.15) is 53.9 Å². The smallest absolute Gasteiger partial charge is 0.326 e. The lowest BCUT2D eigenvalue weighted by Gasteiger charge is -2.33. The van der Waals surface area contributed by atoms with E-state index in [4.69, 9.17) is 0 Å². The van der Waals surface area contributed by atoms with Crippen molar-refractivity contribution in [1.82, 2.24) is 10.2 Å². The molecule has 3 unspecified atom stereocenters. The second-order valence-corrected chi connectivity index (χ2v) is 6.48. The van der Waals surface area contributed by atoms with Crippen LogP contribution in [-0.2, 0) is 4.79 Å². The maximum absolute atomic E-state index is 12.3. The minimum atomic E-state index is -0.985. The molecule has 0 spiro atoms. The van der Waals surface area contributed by atoms with Crippen molar-refractivity contribution in [1.29, 1.82) is 0 Å². The number of nitrogens with one attached hydrogen (secondary N) is 1. The Bertz CT molecular complexity index is 349. The fourth-order valence-corrected chi connectivity index (χ4v) is 2.69. The molecule has 5 heteroatoms. The first-order chi connectivity index (χ1) is 8.68. The van der Waals surface area contributed by atoms with E-state index in [-0.39, 0.29) is 18.1 Å². The SMILES string of the molecule is CCC1CCC(C)N1C(=O)NC(C(=O)O)C(C)(C)C.